The summed E-state index contributed by atoms with van der Waals surface area (Å²) in [6.07, 6.45) is 0. The molecular weight excluding hydrogens is 339 g/mol. The maximum absolute atomic E-state index is 13.2. The van der Waals surface area contributed by atoms with Gasteiger partial charge < -0.3 is 4.74 Å². The summed E-state index contributed by atoms with van der Waals surface area (Å²) in [4.78, 5) is 13.7. The lowest BCUT2D eigenvalue weighted by Crippen LogP contribution is -2.06. The summed E-state index contributed by atoms with van der Waals surface area (Å²) >= 11 is 1.30. The first-order chi connectivity index (χ1) is 12.1. The average Bonchev–Trinajstić information content (AvgIpc) is 3.17. The third kappa shape index (κ3) is 2.92. The third-order valence-electron chi connectivity index (χ3n) is 3.75. The van der Waals surface area contributed by atoms with Crippen molar-refractivity contribution in [3.8, 4) is 11.4 Å². The molecule has 0 saturated carbocycles. The van der Waals surface area contributed by atoms with Gasteiger partial charge >= 0.3 is 5.97 Å². The first-order valence-corrected chi connectivity index (χ1v) is 8.46. The molecule has 0 unspecified atom stereocenters. The molecule has 4 nitrogen and oxygen atoms in total. The van der Waals surface area contributed by atoms with Crippen molar-refractivity contribution in [2.24, 2.45) is 0 Å². The van der Waals surface area contributed by atoms with E-state index in [0.717, 1.165) is 21.6 Å². The minimum Gasteiger partial charge on any atom is -0.422 e. The largest absolute Gasteiger partial charge is 0.422 e. The molecule has 0 saturated heterocycles. The number of hydrogen-bond acceptors (Lipinski definition) is 4. The number of esters is 1. The number of benzene rings is 2. The Labute approximate surface area is 147 Å². The Bertz CT molecular complexity index is 1070. The summed E-state index contributed by atoms with van der Waals surface area (Å²) in [6.45, 7) is 1.90. The van der Waals surface area contributed by atoms with Crippen LogP contribution in [0.3, 0.4) is 0 Å². The minimum atomic E-state index is -0.509. The van der Waals surface area contributed by atoms with E-state index in [2.05, 4.69) is 5.10 Å². The maximum Gasteiger partial charge on any atom is 0.353 e. The van der Waals surface area contributed by atoms with E-state index in [4.69, 9.17) is 4.74 Å². The van der Waals surface area contributed by atoms with Crippen molar-refractivity contribution in [3.05, 3.63) is 77.1 Å². The zero-order chi connectivity index (χ0) is 17.4. The Kier molecular flexibility index (Phi) is 3.82. The number of para-hydroxylation sites is 1. The number of fused-ring (bicyclic) bond motifs is 1. The lowest BCUT2D eigenvalue weighted by Gasteiger charge is -2.03. The number of thiophene rings is 1. The fourth-order valence-electron chi connectivity index (χ4n) is 2.58. The van der Waals surface area contributed by atoms with E-state index in [1.54, 1.807) is 12.1 Å². The van der Waals surface area contributed by atoms with Crippen molar-refractivity contribution >= 4 is 27.5 Å². The van der Waals surface area contributed by atoms with Crippen LogP contribution in [0.5, 0.6) is 5.75 Å². The van der Waals surface area contributed by atoms with Gasteiger partial charge in [0, 0.05) is 11.5 Å². The highest BCUT2D eigenvalue weighted by molar-refractivity contribution is 7.20. The molecule has 0 aliphatic heterocycles. The number of halogens is 1. The van der Waals surface area contributed by atoms with Crippen molar-refractivity contribution in [3.63, 3.8) is 0 Å². The van der Waals surface area contributed by atoms with E-state index in [1.807, 2.05) is 41.9 Å². The molecule has 0 spiro atoms. The van der Waals surface area contributed by atoms with Gasteiger partial charge in [0.05, 0.1) is 11.4 Å². The zero-order valence-electron chi connectivity index (χ0n) is 13.3. The van der Waals surface area contributed by atoms with Crippen LogP contribution in [-0.2, 0) is 0 Å². The SMILES string of the molecule is Cc1nn(-c2ccccc2)c2sc(C(=O)Oc3cccc(F)c3)cc12. The molecule has 0 aliphatic carbocycles. The molecule has 2 heterocycles. The molecule has 2 aromatic carbocycles. The second-order valence-electron chi connectivity index (χ2n) is 5.51. The predicted octanol–water partition coefficient (Wildman–Crippen LogP) is 4.75. The minimum absolute atomic E-state index is 0.184. The van der Waals surface area contributed by atoms with E-state index < -0.39 is 11.8 Å². The topological polar surface area (TPSA) is 44.1 Å². The summed E-state index contributed by atoms with van der Waals surface area (Å²) in [7, 11) is 0. The van der Waals surface area contributed by atoms with Crippen LogP contribution in [0.1, 0.15) is 15.4 Å². The van der Waals surface area contributed by atoms with E-state index >= 15 is 0 Å². The van der Waals surface area contributed by atoms with Crippen LogP contribution in [0.2, 0.25) is 0 Å². The molecule has 124 valence electrons. The molecule has 0 fully saturated rings. The molecular formula is C19H13FN2O2S. The van der Waals surface area contributed by atoms with E-state index in [-0.39, 0.29) is 5.75 Å². The molecule has 0 atom stereocenters. The van der Waals surface area contributed by atoms with Gasteiger partial charge in [0.1, 0.15) is 21.3 Å². The Balaban J connectivity index is 1.71. The molecule has 0 bridgehead atoms. The number of aryl methyl sites for hydroxylation is 1. The highest BCUT2D eigenvalue weighted by atomic mass is 32.1. The second-order valence-corrected chi connectivity index (χ2v) is 6.54. The third-order valence-corrected chi connectivity index (χ3v) is 4.84. The smallest absolute Gasteiger partial charge is 0.353 e. The molecule has 2 aromatic heterocycles. The van der Waals surface area contributed by atoms with Crippen LogP contribution >= 0.6 is 11.3 Å². The van der Waals surface area contributed by atoms with E-state index in [9.17, 15) is 9.18 Å². The lowest BCUT2D eigenvalue weighted by molar-refractivity contribution is 0.0739. The van der Waals surface area contributed by atoms with Gasteiger partial charge in [-0.1, -0.05) is 24.3 Å². The Hall–Kier alpha value is -2.99. The highest BCUT2D eigenvalue weighted by Crippen LogP contribution is 2.31. The summed E-state index contributed by atoms with van der Waals surface area (Å²) in [6, 6.07) is 17.0. The Morgan fingerprint density at radius 3 is 2.68 bits per heavy atom. The molecule has 0 N–H and O–H groups in total. The molecule has 4 aromatic rings. The normalized spacial score (nSPS) is 11.0. The van der Waals surface area contributed by atoms with Gasteiger partial charge in [-0.15, -0.1) is 11.3 Å². The van der Waals surface area contributed by atoms with Gasteiger partial charge in [-0.25, -0.2) is 13.9 Å². The molecule has 25 heavy (non-hydrogen) atoms. The quantitative estimate of drug-likeness (QED) is 0.395. The standard InChI is InChI=1S/C19H13FN2O2S/c1-12-16-11-17(19(23)24-15-9-5-6-13(20)10-15)25-18(16)22(21-12)14-7-3-2-4-8-14/h2-11H,1H3. The van der Waals surface area contributed by atoms with Gasteiger partial charge in [-0.2, -0.15) is 5.10 Å². The Morgan fingerprint density at radius 1 is 1.12 bits per heavy atom. The first-order valence-electron chi connectivity index (χ1n) is 7.64. The molecule has 0 amide bonds. The summed E-state index contributed by atoms with van der Waals surface area (Å²) in [5.41, 5.74) is 1.76. The molecule has 4 rings (SSSR count). The number of aromatic nitrogens is 2. The summed E-state index contributed by atoms with van der Waals surface area (Å²) in [5.74, 6) is -0.771. The highest BCUT2D eigenvalue weighted by Gasteiger charge is 2.18. The van der Waals surface area contributed by atoms with Crippen molar-refractivity contribution < 1.29 is 13.9 Å². The second kappa shape index (κ2) is 6.14. The number of nitrogens with zero attached hydrogens (tertiary/aromatic N) is 2. The fraction of sp³-hybridized carbons (Fsp3) is 0.0526. The fourth-order valence-corrected chi connectivity index (χ4v) is 3.64. The molecule has 0 radical (unpaired) electrons. The van der Waals surface area contributed by atoms with Crippen molar-refractivity contribution in [2.75, 3.05) is 0 Å². The van der Waals surface area contributed by atoms with Crippen LogP contribution in [0, 0.1) is 12.7 Å². The molecule has 0 aliphatic rings. The number of carbonyl (C=O) groups excluding carboxylic acids is 1. The molecule has 6 heteroatoms. The van der Waals surface area contributed by atoms with Crippen LogP contribution in [0.4, 0.5) is 4.39 Å². The van der Waals surface area contributed by atoms with Gasteiger partial charge in [0.25, 0.3) is 0 Å². The number of hydrogen-bond donors (Lipinski definition) is 0. The average molecular weight is 352 g/mol. The van der Waals surface area contributed by atoms with Crippen molar-refractivity contribution in [2.45, 2.75) is 6.92 Å². The first kappa shape index (κ1) is 15.5. The van der Waals surface area contributed by atoms with Crippen LogP contribution < -0.4 is 4.74 Å². The number of ether oxygens (including phenoxy) is 1. The summed E-state index contributed by atoms with van der Waals surface area (Å²) in [5, 5.41) is 5.44. The number of rotatable bonds is 3. The predicted molar refractivity (Wildman–Crippen MR) is 95.0 cm³/mol. The van der Waals surface area contributed by atoms with Crippen molar-refractivity contribution in [1.82, 2.24) is 9.78 Å². The number of carbonyl (C=O) groups is 1. The van der Waals surface area contributed by atoms with Gasteiger partial charge in [-0.3, -0.25) is 0 Å². The van der Waals surface area contributed by atoms with Gasteiger partial charge in [0.15, 0.2) is 0 Å². The van der Waals surface area contributed by atoms with Crippen LogP contribution in [0.25, 0.3) is 15.9 Å². The summed E-state index contributed by atoms with van der Waals surface area (Å²) < 4.78 is 20.3. The Morgan fingerprint density at radius 2 is 1.92 bits per heavy atom. The van der Waals surface area contributed by atoms with Crippen LogP contribution in [0.15, 0.2) is 60.7 Å². The van der Waals surface area contributed by atoms with Crippen LogP contribution in [-0.4, -0.2) is 15.7 Å². The van der Waals surface area contributed by atoms with E-state index in [0.29, 0.717) is 4.88 Å². The lowest BCUT2D eigenvalue weighted by atomic mass is 10.3. The van der Waals surface area contributed by atoms with E-state index in [1.165, 1.54) is 29.5 Å². The monoisotopic (exact) mass is 352 g/mol. The zero-order valence-corrected chi connectivity index (χ0v) is 14.1. The maximum atomic E-state index is 13.2. The van der Waals surface area contributed by atoms with Gasteiger partial charge in [-0.05, 0) is 37.3 Å². The van der Waals surface area contributed by atoms with Crippen molar-refractivity contribution in [1.29, 1.82) is 0 Å². The van der Waals surface area contributed by atoms with Gasteiger partial charge in [0.2, 0.25) is 0 Å².